The summed E-state index contributed by atoms with van der Waals surface area (Å²) in [7, 11) is 6.19. The fraction of sp³-hybridized carbons (Fsp3) is 0.696. The molecule has 1 atom stereocenters. The first-order chi connectivity index (χ1) is 13.7. The minimum Gasteiger partial charge on any atom is -0.376 e. The maximum atomic E-state index is 5.94. The van der Waals surface area contributed by atoms with Gasteiger partial charge in [-0.1, -0.05) is 49.6 Å². The van der Waals surface area contributed by atoms with Crippen molar-refractivity contribution in [2.75, 3.05) is 53.9 Å². The fourth-order valence-electron chi connectivity index (χ4n) is 3.69. The molecular formula is C23H41IN4O. The van der Waals surface area contributed by atoms with Gasteiger partial charge in [-0.25, -0.2) is 0 Å². The number of rotatable bonds is 12. The van der Waals surface area contributed by atoms with E-state index in [2.05, 4.69) is 58.5 Å². The van der Waals surface area contributed by atoms with Gasteiger partial charge in [-0.2, -0.15) is 0 Å². The molecule has 1 unspecified atom stereocenters. The third-order valence-corrected chi connectivity index (χ3v) is 5.33. The van der Waals surface area contributed by atoms with Crippen LogP contribution in [0.15, 0.2) is 35.3 Å². The molecule has 166 valence electrons. The molecule has 1 aliphatic rings. The minimum atomic E-state index is 0. The molecule has 0 aromatic heterocycles. The monoisotopic (exact) mass is 516 g/mol. The molecule has 6 heteroatoms. The number of aliphatic imine (C=N–C) groups is 1. The van der Waals surface area contributed by atoms with Gasteiger partial charge in [0.2, 0.25) is 0 Å². The summed E-state index contributed by atoms with van der Waals surface area (Å²) in [5.41, 5.74) is 1.25. The Bertz CT molecular complexity index is 553. The van der Waals surface area contributed by atoms with E-state index in [9.17, 15) is 0 Å². The highest BCUT2D eigenvalue weighted by atomic mass is 127. The van der Waals surface area contributed by atoms with Gasteiger partial charge in [0.05, 0.1) is 13.2 Å². The van der Waals surface area contributed by atoms with E-state index in [1.807, 2.05) is 13.1 Å². The van der Waals surface area contributed by atoms with Crippen LogP contribution < -0.4 is 5.32 Å². The maximum Gasteiger partial charge on any atom is 0.193 e. The van der Waals surface area contributed by atoms with Gasteiger partial charge in [0.15, 0.2) is 5.96 Å². The fourth-order valence-corrected chi connectivity index (χ4v) is 3.69. The number of hydrogen-bond donors (Lipinski definition) is 1. The van der Waals surface area contributed by atoms with Gasteiger partial charge >= 0.3 is 0 Å². The van der Waals surface area contributed by atoms with Gasteiger partial charge in [0, 0.05) is 32.6 Å². The van der Waals surface area contributed by atoms with Gasteiger partial charge < -0.3 is 19.9 Å². The first-order valence-electron chi connectivity index (χ1n) is 10.9. The van der Waals surface area contributed by atoms with E-state index in [0.29, 0.717) is 12.5 Å². The second-order valence-corrected chi connectivity index (χ2v) is 8.15. The standard InChI is InChI=1S/C23H40N4O.HI/c1-24-23(25-15-10-5-4-6-11-16-26(2)3)27-17-14-22(18-27)20-28-19-21-12-8-7-9-13-21;/h7-9,12-13,22H,4-6,10-11,14-20H2,1-3H3,(H,24,25);1H. The predicted octanol–water partition coefficient (Wildman–Crippen LogP) is 4.23. The Morgan fingerprint density at radius 2 is 1.86 bits per heavy atom. The molecule has 0 spiro atoms. The van der Waals surface area contributed by atoms with E-state index < -0.39 is 0 Å². The highest BCUT2D eigenvalue weighted by Gasteiger charge is 2.24. The van der Waals surface area contributed by atoms with Gasteiger partial charge in [-0.05, 0) is 45.5 Å². The zero-order valence-corrected chi connectivity index (χ0v) is 20.9. The summed E-state index contributed by atoms with van der Waals surface area (Å²) in [4.78, 5) is 9.13. The Hall–Kier alpha value is -0.860. The summed E-state index contributed by atoms with van der Waals surface area (Å²) in [6, 6.07) is 10.4. The lowest BCUT2D eigenvalue weighted by Gasteiger charge is -2.21. The number of benzene rings is 1. The average molecular weight is 517 g/mol. The van der Waals surface area contributed by atoms with E-state index in [4.69, 9.17) is 4.74 Å². The van der Waals surface area contributed by atoms with Gasteiger partial charge in [-0.15, -0.1) is 24.0 Å². The molecule has 0 saturated carbocycles. The molecule has 0 aliphatic carbocycles. The molecule has 0 amide bonds. The van der Waals surface area contributed by atoms with E-state index in [1.165, 1.54) is 50.6 Å². The Morgan fingerprint density at radius 1 is 1.14 bits per heavy atom. The van der Waals surface area contributed by atoms with Crippen LogP contribution in [-0.2, 0) is 11.3 Å². The first-order valence-corrected chi connectivity index (χ1v) is 10.9. The summed E-state index contributed by atoms with van der Waals surface area (Å²) in [6.07, 6.45) is 7.68. The molecule has 29 heavy (non-hydrogen) atoms. The number of ether oxygens (including phenoxy) is 1. The van der Waals surface area contributed by atoms with Gasteiger partial charge in [-0.3, -0.25) is 4.99 Å². The number of halogens is 1. The van der Waals surface area contributed by atoms with Crippen molar-refractivity contribution in [3.63, 3.8) is 0 Å². The topological polar surface area (TPSA) is 40.1 Å². The number of hydrogen-bond acceptors (Lipinski definition) is 3. The molecule has 1 aromatic carbocycles. The van der Waals surface area contributed by atoms with Crippen molar-refractivity contribution in [2.45, 2.75) is 45.1 Å². The number of unbranched alkanes of at least 4 members (excludes halogenated alkanes) is 4. The lowest BCUT2D eigenvalue weighted by molar-refractivity contribution is 0.0907. The van der Waals surface area contributed by atoms with E-state index in [1.54, 1.807) is 0 Å². The second kappa shape index (κ2) is 15.9. The van der Waals surface area contributed by atoms with Crippen LogP contribution in [0.2, 0.25) is 0 Å². The maximum absolute atomic E-state index is 5.94. The predicted molar refractivity (Wildman–Crippen MR) is 134 cm³/mol. The Kier molecular flexibility index (Phi) is 14.4. The number of guanidine groups is 1. The van der Waals surface area contributed by atoms with Crippen LogP contribution in [-0.4, -0.2) is 69.7 Å². The van der Waals surface area contributed by atoms with Crippen molar-refractivity contribution in [3.8, 4) is 0 Å². The van der Waals surface area contributed by atoms with Crippen LogP contribution in [0.1, 0.15) is 44.1 Å². The lowest BCUT2D eigenvalue weighted by atomic mass is 10.1. The van der Waals surface area contributed by atoms with Crippen molar-refractivity contribution in [3.05, 3.63) is 35.9 Å². The van der Waals surface area contributed by atoms with E-state index in [-0.39, 0.29) is 24.0 Å². The molecule has 1 aliphatic heterocycles. The van der Waals surface area contributed by atoms with Crippen LogP contribution in [0.4, 0.5) is 0 Å². The van der Waals surface area contributed by atoms with Crippen LogP contribution >= 0.6 is 24.0 Å². The summed E-state index contributed by atoms with van der Waals surface area (Å²) in [5, 5.41) is 3.55. The van der Waals surface area contributed by atoms with Crippen LogP contribution in [0.5, 0.6) is 0 Å². The molecule has 1 fully saturated rings. The first kappa shape index (κ1) is 26.2. The molecule has 1 aromatic rings. The van der Waals surface area contributed by atoms with Crippen molar-refractivity contribution in [1.29, 1.82) is 0 Å². The molecule has 5 nitrogen and oxygen atoms in total. The molecular weight excluding hydrogens is 475 g/mol. The zero-order chi connectivity index (χ0) is 20.0. The summed E-state index contributed by atoms with van der Waals surface area (Å²) in [6.45, 7) is 5.87. The SMILES string of the molecule is CN=C(NCCCCCCCN(C)C)N1CCC(COCc2ccccc2)C1.I. The smallest absolute Gasteiger partial charge is 0.193 e. The largest absolute Gasteiger partial charge is 0.376 e. The van der Waals surface area contributed by atoms with Crippen molar-refractivity contribution < 1.29 is 4.74 Å². The lowest BCUT2D eigenvalue weighted by Crippen LogP contribution is -2.40. The normalized spacial score (nSPS) is 16.9. The number of nitrogens with zero attached hydrogens (tertiary/aromatic N) is 3. The van der Waals surface area contributed by atoms with E-state index >= 15 is 0 Å². The van der Waals surface area contributed by atoms with Crippen molar-refractivity contribution in [2.24, 2.45) is 10.9 Å². The molecule has 1 saturated heterocycles. The summed E-state index contributed by atoms with van der Waals surface area (Å²) >= 11 is 0. The van der Waals surface area contributed by atoms with E-state index in [0.717, 1.165) is 32.2 Å². The minimum absolute atomic E-state index is 0. The highest BCUT2D eigenvalue weighted by molar-refractivity contribution is 14.0. The van der Waals surface area contributed by atoms with Gasteiger partial charge in [0.25, 0.3) is 0 Å². The van der Waals surface area contributed by atoms with Crippen LogP contribution in [0, 0.1) is 5.92 Å². The van der Waals surface area contributed by atoms with Crippen LogP contribution in [0.25, 0.3) is 0 Å². The average Bonchev–Trinajstić information content (AvgIpc) is 3.16. The Labute approximate surface area is 195 Å². The number of likely N-dealkylation sites (tertiary alicyclic amines) is 1. The number of nitrogens with one attached hydrogen (secondary N) is 1. The highest BCUT2D eigenvalue weighted by Crippen LogP contribution is 2.17. The van der Waals surface area contributed by atoms with Gasteiger partial charge in [0.1, 0.15) is 0 Å². The third-order valence-electron chi connectivity index (χ3n) is 5.33. The summed E-state index contributed by atoms with van der Waals surface area (Å²) in [5.74, 6) is 1.65. The molecule has 2 rings (SSSR count). The van der Waals surface area contributed by atoms with Crippen molar-refractivity contribution in [1.82, 2.24) is 15.1 Å². The Morgan fingerprint density at radius 3 is 2.59 bits per heavy atom. The van der Waals surface area contributed by atoms with Crippen molar-refractivity contribution >= 4 is 29.9 Å². The Balaban J connectivity index is 0.00000420. The zero-order valence-electron chi connectivity index (χ0n) is 18.6. The molecule has 1 N–H and O–H groups in total. The molecule has 0 radical (unpaired) electrons. The summed E-state index contributed by atoms with van der Waals surface area (Å²) < 4.78 is 5.94. The third kappa shape index (κ3) is 11.2. The molecule has 0 bridgehead atoms. The van der Waals surface area contributed by atoms with Crippen LogP contribution in [0.3, 0.4) is 0 Å². The second-order valence-electron chi connectivity index (χ2n) is 8.15. The molecule has 1 heterocycles. The quantitative estimate of drug-likeness (QED) is 0.195.